The molecule has 2 radical (unpaired) electrons. The van der Waals surface area contributed by atoms with Crippen LogP contribution in [-0.4, -0.2) is 20.0 Å². The van der Waals surface area contributed by atoms with Crippen LogP contribution in [0.1, 0.15) is 20.7 Å². The average molecular weight is 235 g/mol. The smallest absolute Gasteiger partial charge is 0.255 e. The SMILES string of the molecule is [B]c1ccc(C=O)c(NC(=O)c2ccccc2)c1. The third-order valence-electron chi connectivity index (χ3n) is 2.49. The first-order chi connectivity index (χ1) is 8.70. The highest BCUT2D eigenvalue weighted by atomic mass is 16.1. The molecule has 0 aliphatic carbocycles. The topological polar surface area (TPSA) is 46.2 Å². The summed E-state index contributed by atoms with van der Waals surface area (Å²) in [5, 5.41) is 2.67. The van der Waals surface area contributed by atoms with Gasteiger partial charge in [-0.2, -0.15) is 0 Å². The van der Waals surface area contributed by atoms with E-state index in [0.717, 1.165) is 0 Å². The molecule has 0 saturated heterocycles. The second-order valence-corrected chi connectivity index (χ2v) is 3.78. The molecule has 1 amide bonds. The fourth-order valence-electron chi connectivity index (χ4n) is 1.57. The van der Waals surface area contributed by atoms with E-state index in [1.807, 2.05) is 6.07 Å². The highest BCUT2D eigenvalue weighted by molar-refractivity contribution is 6.33. The van der Waals surface area contributed by atoms with Gasteiger partial charge in [0.05, 0.1) is 5.69 Å². The Hall–Kier alpha value is -2.36. The van der Waals surface area contributed by atoms with Gasteiger partial charge >= 0.3 is 0 Å². The second-order valence-electron chi connectivity index (χ2n) is 3.78. The zero-order chi connectivity index (χ0) is 13.0. The molecule has 0 unspecified atom stereocenters. The van der Waals surface area contributed by atoms with Gasteiger partial charge in [0.2, 0.25) is 0 Å². The molecular formula is C14H10BNO2. The van der Waals surface area contributed by atoms with Crippen LogP contribution in [0.15, 0.2) is 48.5 Å². The van der Waals surface area contributed by atoms with Crippen molar-refractivity contribution >= 4 is 31.2 Å². The van der Waals surface area contributed by atoms with E-state index in [4.69, 9.17) is 7.85 Å². The first kappa shape index (κ1) is 12.1. The maximum absolute atomic E-state index is 11.9. The minimum Gasteiger partial charge on any atom is -0.321 e. The number of anilines is 1. The lowest BCUT2D eigenvalue weighted by Crippen LogP contribution is -2.15. The van der Waals surface area contributed by atoms with E-state index in [1.54, 1.807) is 42.5 Å². The van der Waals surface area contributed by atoms with Crippen LogP contribution in [0.3, 0.4) is 0 Å². The number of carbonyl (C=O) groups is 2. The Morgan fingerprint density at radius 3 is 2.50 bits per heavy atom. The number of rotatable bonds is 3. The molecule has 2 aromatic carbocycles. The number of nitrogens with one attached hydrogen (secondary N) is 1. The van der Waals surface area contributed by atoms with Gasteiger partial charge in [0.15, 0.2) is 6.29 Å². The number of hydrogen-bond acceptors (Lipinski definition) is 2. The lowest BCUT2D eigenvalue weighted by molar-refractivity contribution is 0.102. The molecule has 86 valence electrons. The molecule has 0 heterocycles. The maximum Gasteiger partial charge on any atom is 0.255 e. The highest BCUT2D eigenvalue weighted by Gasteiger charge is 2.08. The number of carbonyl (C=O) groups excluding carboxylic acids is 2. The summed E-state index contributed by atoms with van der Waals surface area (Å²) in [6, 6.07) is 13.5. The van der Waals surface area contributed by atoms with Crippen LogP contribution in [-0.2, 0) is 0 Å². The van der Waals surface area contributed by atoms with Crippen molar-refractivity contribution in [3.05, 3.63) is 59.7 Å². The molecule has 0 aliphatic heterocycles. The highest BCUT2D eigenvalue weighted by Crippen LogP contribution is 2.12. The van der Waals surface area contributed by atoms with Gasteiger partial charge < -0.3 is 5.32 Å². The van der Waals surface area contributed by atoms with E-state index in [2.05, 4.69) is 5.32 Å². The monoisotopic (exact) mass is 235 g/mol. The lowest BCUT2D eigenvalue weighted by Gasteiger charge is -2.08. The van der Waals surface area contributed by atoms with Gasteiger partial charge in [-0.25, -0.2) is 0 Å². The van der Waals surface area contributed by atoms with Crippen molar-refractivity contribution in [3.8, 4) is 0 Å². The summed E-state index contributed by atoms with van der Waals surface area (Å²) in [4.78, 5) is 22.8. The van der Waals surface area contributed by atoms with Gasteiger partial charge in [-0.3, -0.25) is 9.59 Å². The van der Waals surface area contributed by atoms with Gasteiger partial charge in [-0.15, -0.1) is 0 Å². The predicted molar refractivity (Wildman–Crippen MR) is 71.6 cm³/mol. The van der Waals surface area contributed by atoms with Gasteiger partial charge in [-0.1, -0.05) is 35.8 Å². The fourth-order valence-corrected chi connectivity index (χ4v) is 1.57. The second kappa shape index (κ2) is 5.32. The van der Waals surface area contributed by atoms with Crippen LogP contribution < -0.4 is 10.8 Å². The van der Waals surface area contributed by atoms with Crippen LogP contribution in [0.2, 0.25) is 0 Å². The minimum atomic E-state index is -0.274. The maximum atomic E-state index is 11.9. The summed E-state index contributed by atoms with van der Waals surface area (Å²) in [6.45, 7) is 0. The molecule has 0 aliphatic rings. The van der Waals surface area contributed by atoms with E-state index in [9.17, 15) is 9.59 Å². The van der Waals surface area contributed by atoms with Crippen molar-refractivity contribution in [2.24, 2.45) is 0 Å². The van der Waals surface area contributed by atoms with Crippen molar-refractivity contribution in [2.45, 2.75) is 0 Å². The molecule has 0 aromatic heterocycles. The Kier molecular flexibility index (Phi) is 3.58. The third-order valence-corrected chi connectivity index (χ3v) is 2.49. The lowest BCUT2D eigenvalue weighted by atomic mass is 9.94. The average Bonchev–Trinajstić information content (AvgIpc) is 2.40. The van der Waals surface area contributed by atoms with Gasteiger partial charge in [0, 0.05) is 11.1 Å². The molecule has 2 rings (SSSR count). The van der Waals surface area contributed by atoms with Crippen LogP contribution in [0.4, 0.5) is 5.69 Å². The number of amides is 1. The molecule has 0 spiro atoms. The summed E-state index contributed by atoms with van der Waals surface area (Å²) >= 11 is 0. The first-order valence-corrected chi connectivity index (χ1v) is 5.42. The Morgan fingerprint density at radius 2 is 1.83 bits per heavy atom. The van der Waals surface area contributed by atoms with Crippen LogP contribution in [0.5, 0.6) is 0 Å². The summed E-state index contributed by atoms with van der Waals surface area (Å²) in [6.07, 6.45) is 0.681. The molecule has 1 N–H and O–H groups in total. The van der Waals surface area contributed by atoms with E-state index in [-0.39, 0.29) is 5.91 Å². The van der Waals surface area contributed by atoms with Crippen molar-refractivity contribution in [2.75, 3.05) is 5.32 Å². The van der Waals surface area contributed by atoms with Crippen molar-refractivity contribution in [1.82, 2.24) is 0 Å². The van der Waals surface area contributed by atoms with E-state index in [1.165, 1.54) is 0 Å². The Bertz CT molecular complexity index is 582. The van der Waals surface area contributed by atoms with Gasteiger partial charge in [0.1, 0.15) is 7.85 Å². The molecule has 0 bridgehead atoms. The Labute approximate surface area is 106 Å². The zero-order valence-electron chi connectivity index (χ0n) is 9.59. The van der Waals surface area contributed by atoms with E-state index >= 15 is 0 Å². The third kappa shape index (κ3) is 2.66. The Morgan fingerprint density at radius 1 is 1.11 bits per heavy atom. The molecule has 2 aromatic rings. The Balaban J connectivity index is 2.27. The predicted octanol–water partition coefficient (Wildman–Crippen LogP) is 1.55. The van der Waals surface area contributed by atoms with Crippen LogP contribution >= 0.6 is 0 Å². The molecule has 4 heteroatoms. The molecule has 0 fully saturated rings. The number of aldehydes is 1. The number of hydrogen-bond donors (Lipinski definition) is 1. The van der Waals surface area contributed by atoms with E-state index in [0.29, 0.717) is 28.6 Å². The summed E-state index contributed by atoms with van der Waals surface area (Å²) in [7, 11) is 5.63. The largest absolute Gasteiger partial charge is 0.321 e. The normalized spacial score (nSPS) is 9.78. The molecule has 3 nitrogen and oxygen atoms in total. The summed E-state index contributed by atoms with van der Waals surface area (Å²) in [5.74, 6) is -0.274. The molecular weight excluding hydrogens is 225 g/mol. The molecule has 0 saturated carbocycles. The zero-order valence-corrected chi connectivity index (χ0v) is 9.59. The molecule has 18 heavy (non-hydrogen) atoms. The quantitative estimate of drug-likeness (QED) is 0.647. The summed E-state index contributed by atoms with van der Waals surface area (Å²) in [5.41, 5.74) is 1.83. The number of benzene rings is 2. The first-order valence-electron chi connectivity index (χ1n) is 5.42. The van der Waals surface area contributed by atoms with Crippen LogP contribution in [0.25, 0.3) is 0 Å². The van der Waals surface area contributed by atoms with E-state index < -0.39 is 0 Å². The standard InChI is InChI=1S/C14H10BNO2/c15-12-7-6-11(9-17)13(8-12)16-14(18)10-4-2-1-3-5-10/h1-9H,(H,16,18). The fraction of sp³-hybridized carbons (Fsp3) is 0. The van der Waals surface area contributed by atoms with Crippen LogP contribution in [0, 0.1) is 0 Å². The van der Waals surface area contributed by atoms with Gasteiger partial charge in [-0.05, 0) is 18.2 Å². The molecule has 0 atom stereocenters. The van der Waals surface area contributed by atoms with Crippen molar-refractivity contribution in [1.29, 1.82) is 0 Å². The van der Waals surface area contributed by atoms with Crippen molar-refractivity contribution in [3.63, 3.8) is 0 Å². The van der Waals surface area contributed by atoms with Gasteiger partial charge in [0.25, 0.3) is 5.91 Å². The van der Waals surface area contributed by atoms with Crippen molar-refractivity contribution < 1.29 is 9.59 Å². The summed E-state index contributed by atoms with van der Waals surface area (Å²) < 4.78 is 0. The minimum absolute atomic E-state index is 0.274.